The summed E-state index contributed by atoms with van der Waals surface area (Å²) in [5.74, 6) is 0.497. The SMILES string of the molecule is CC(C)(C)n1nnnc1[C@H](c1cccc(C(F)(F)F)c1)N1CCN(C(=O)c2ccco2)CC1. The molecule has 1 aliphatic rings. The number of alkyl halides is 3. The number of tetrazole rings is 1. The quantitative estimate of drug-likeness (QED) is 0.590. The van der Waals surface area contributed by atoms with Crippen LogP contribution >= 0.6 is 0 Å². The molecule has 8 nitrogen and oxygen atoms in total. The van der Waals surface area contributed by atoms with Gasteiger partial charge in [-0.3, -0.25) is 9.69 Å². The van der Waals surface area contributed by atoms with Crippen molar-refractivity contribution in [1.82, 2.24) is 30.0 Å². The lowest BCUT2D eigenvalue weighted by molar-refractivity contribution is -0.137. The highest BCUT2D eigenvalue weighted by atomic mass is 19.4. The summed E-state index contributed by atoms with van der Waals surface area (Å²) in [6.07, 6.45) is -3.02. The van der Waals surface area contributed by atoms with Gasteiger partial charge in [0.2, 0.25) is 0 Å². The topological polar surface area (TPSA) is 80.3 Å². The number of carbonyl (C=O) groups is 1. The zero-order chi connectivity index (χ0) is 23.8. The Morgan fingerprint density at radius 3 is 2.39 bits per heavy atom. The van der Waals surface area contributed by atoms with Crippen molar-refractivity contribution in [2.24, 2.45) is 0 Å². The molecule has 0 aliphatic carbocycles. The molecule has 176 valence electrons. The smallest absolute Gasteiger partial charge is 0.416 e. The molecule has 1 aromatic carbocycles. The average Bonchev–Trinajstić information content (AvgIpc) is 3.46. The molecule has 3 aromatic rings. The van der Waals surface area contributed by atoms with E-state index in [1.807, 2.05) is 25.7 Å². The lowest BCUT2D eigenvalue weighted by atomic mass is 9.99. The Morgan fingerprint density at radius 1 is 1.06 bits per heavy atom. The summed E-state index contributed by atoms with van der Waals surface area (Å²) in [7, 11) is 0. The second kappa shape index (κ2) is 8.62. The second-order valence-electron chi connectivity index (χ2n) is 8.95. The molecule has 1 aliphatic heterocycles. The molecule has 4 rings (SSSR count). The molecule has 33 heavy (non-hydrogen) atoms. The van der Waals surface area contributed by atoms with Crippen LogP contribution in [0, 0.1) is 0 Å². The molecule has 3 heterocycles. The Labute approximate surface area is 189 Å². The highest BCUT2D eigenvalue weighted by molar-refractivity contribution is 5.91. The standard InChI is InChI=1S/C22H25F3N6O2/c1-21(2,3)31-19(26-27-28-31)18(15-6-4-7-16(14-15)22(23,24)25)29-9-11-30(12-10-29)20(32)17-8-5-13-33-17/h4-8,13-14,18H,9-12H2,1-3H3/t18-/m0/s1. The maximum atomic E-state index is 13.4. The first kappa shape index (κ1) is 23.0. The van der Waals surface area contributed by atoms with E-state index in [1.165, 1.54) is 12.3 Å². The van der Waals surface area contributed by atoms with Crippen LogP contribution in [0.1, 0.15) is 54.3 Å². The fourth-order valence-electron chi connectivity index (χ4n) is 3.99. The highest BCUT2D eigenvalue weighted by Crippen LogP contribution is 2.35. The zero-order valence-corrected chi connectivity index (χ0v) is 18.6. The minimum absolute atomic E-state index is 0.213. The molecular weight excluding hydrogens is 437 g/mol. The van der Waals surface area contributed by atoms with Crippen LogP contribution in [0.3, 0.4) is 0 Å². The number of hydrogen-bond donors (Lipinski definition) is 0. The van der Waals surface area contributed by atoms with Gasteiger partial charge in [0.25, 0.3) is 5.91 Å². The van der Waals surface area contributed by atoms with E-state index < -0.39 is 23.3 Å². The predicted octanol–water partition coefficient (Wildman–Crippen LogP) is 3.59. The molecule has 0 bridgehead atoms. The highest BCUT2D eigenvalue weighted by Gasteiger charge is 2.36. The van der Waals surface area contributed by atoms with E-state index in [0.717, 1.165) is 12.1 Å². The largest absolute Gasteiger partial charge is 0.459 e. The number of halogens is 3. The van der Waals surface area contributed by atoms with Gasteiger partial charge in [-0.15, -0.1) is 5.10 Å². The van der Waals surface area contributed by atoms with Crippen molar-refractivity contribution in [2.75, 3.05) is 26.2 Å². The number of hydrogen-bond acceptors (Lipinski definition) is 6. The first-order chi connectivity index (χ1) is 15.6. The second-order valence-corrected chi connectivity index (χ2v) is 8.95. The van der Waals surface area contributed by atoms with Gasteiger partial charge in [-0.25, -0.2) is 4.68 Å². The number of aromatic nitrogens is 4. The summed E-state index contributed by atoms with van der Waals surface area (Å²) in [5.41, 5.74) is -0.766. The molecule has 1 amide bonds. The zero-order valence-electron chi connectivity index (χ0n) is 18.6. The van der Waals surface area contributed by atoms with Crippen LogP contribution in [0.15, 0.2) is 47.1 Å². The third-order valence-electron chi connectivity index (χ3n) is 5.60. The summed E-state index contributed by atoms with van der Waals surface area (Å²) in [4.78, 5) is 16.3. The fraction of sp³-hybridized carbons (Fsp3) is 0.455. The van der Waals surface area contributed by atoms with Crippen molar-refractivity contribution < 1.29 is 22.4 Å². The lowest BCUT2D eigenvalue weighted by Gasteiger charge is -2.39. The molecule has 1 fully saturated rings. The monoisotopic (exact) mass is 462 g/mol. The van der Waals surface area contributed by atoms with Gasteiger partial charge in [0.15, 0.2) is 11.6 Å². The van der Waals surface area contributed by atoms with Crippen molar-refractivity contribution in [2.45, 2.75) is 38.5 Å². The van der Waals surface area contributed by atoms with Crippen molar-refractivity contribution in [1.29, 1.82) is 0 Å². The number of rotatable bonds is 4. The Kier molecular flexibility index (Phi) is 6.00. The average molecular weight is 462 g/mol. The van der Waals surface area contributed by atoms with Gasteiger partial charge in [0, 0.05) is 26.2 Å². The van der Waals surface area contributed by atoms with E-state index in [2.05, 4.69) is 15.5 Å². The van der Waals surface area contributed by atoms with Gasteiger partial charge in [-0.05, 0) is 61.0 Å². The number of amides is 1. The van der Waals surface area contributed by atoms with Crippen LogP contribution < -0.4 is 0 Å². The maximum Gasteiger partial charge on any atom is 0.416 e. The van der Waals surface area contributed by atoms with Crippen LogP contribution in [-0.2, 0) is 11.7 Å². The van der Waals surface area contributed by atoms with Gasteiger partial charge >= 0.3 is 6.18 Å². The van der Waals surface area contributed by atoms with Gasteiger partial charge in [0.1, 0.15) is 0 Å². The first-order valence-corrected chi connectivity index (χ1v) is 10.6. The summed E-state index contributed by atoms with van der Waals surface area (Å²) < 4.78 is 47.2. The van der Waals surface area contributed by atoms with E-state index in [-0.39, 0.29) is 11.7 Å². The van der Waals surface area contributed by atoms with Crippen molar-refractivity contribution in [3.05, 3.63) is 65.4 Å². The van der Waals surface area contributed by atoms with Gasteiger partial charge in [-0.2, -0.15) is 13.2 Å². The summed E-state index contributed by atoms with van der Waals surface area (Å²) in [5, 5.41) is 12.1. The van der Waals surface area contributed by atoms with E-state index in [0.29, 0.717) is 37.6 Å². The number of nitrogens with zero attached hydrogens (tertiary/aromatic N) is 6. The van der Waals surface area contributed by atoms with E-state index in [1.54, 1.807) is 27.8 Å². The third kappa shape index (κ3) is 4.77. The maximum absolute atomic E-state index is 13.4. The fourth-order valence-corrected chi connectivity index (χ4v) is 3.99. The van der Waals surface area contributed by atoms with Gasteiger partial charge in [0.05, 0.1) is 23.4 Å². The van der Waals surface area contributed by atoms with Gasteiger partial charge < -0.3 is 9.32 Å². The lowest BCUT2D eigenvalue weighted by Crippen LogP contribution is -2.50. The molecule has 11 heteroatoms. The summed E-state index contributed by atoms with van der Waals surface area (Å²) in [6, 6.07) is 7.90. The molecule has 0 N–H and O–H groups in total. The Bertz CT molecular complexity index is 1100. The molecule has 0 saturated carbocycles. The Balaban J connectivity index is 1.67. The molecule has 1 saturated heterocycles. The number of furan rings is 1. The van der Waals surface area contributed by atoms with Crippen LogP contribution in [0.25, 0.3) is 0 Å². The van der Waals surface area contributed by atoms with Gasteiger partial charge in [-0.1, -0.05) is 12.1 Å². The predicted molar refractivity (Wildman–Crippen MR) is 112 cm³/mol. The molecular formula is C22H25F3N6O2. The third-order valence-corrected chi connectivity index (χ3v) is 5.60. The van der Waals surface area contributed by atoms with Crippen LogP contribution in [0.2, 0.25) is 0 Å². The summed E-state index contributed by atoms with van der Waals surface area (Å²) in [6.45, 7) is 7.44. The number of piperazine rings is 1. The minimum atomic E-state index is -4.47. The van der Waals surface area contributed by atoms with Crippen molar-refractivity contribution in [3.63, 3.8) is 0 Å². The Morgan fingerprint density at radius 2 is 1.79 bits per heavy atom. The number of benzene rings is 1. The number of carbonyl (C=O) groups excluding carboxylic acids is 1. The summed E-state index contributed by atoms with van der Waals surface area (Å²) >= 11 is 0. The molecule has 0 unspecified atom stereocenters. The van der Waals surface area contributed by atoms with E-state index in [4.69, 9.17) is 4.42 Å². The van der Waals surface area contributed by atoms with Crippen LogP contribution in [-0.4, -0.2) is 62.1 Å². The first-order valence-electron chi connectivity index (χ1n) is 10.6. The van der Waals surface area contributed by atoms with Crippen molar-refractivity contribution >= 4 is 5.91 Å². The molecule has 1 atom stereocenters. The van der Waals surface area contributed by atoms with Crippen molar-refractivity contribution in [3.8, 4) is 0 Å². The Hall–Kier alpha value is -3.21. The normalized spacial score (nSPS) is 16.7. The molecule has 0 radical (unpaired) electrons. The van der Waals surface area contributed by atoms with Crippen LogP contribution in [0.4, 0.5) is 13.2 Å². The molecule has 0 spiro atoms. The minimum Gasteiger partial charge on any atom is -0.459 e. The van der Waals surface area contributed by atoms with Crippen LogP contribution in [0.5, 0.6) is 0 Å². The van der Waals surface area contributed by atoms with E-state index in [9.17, 15) is 18.0 Å². The van der Waals surface area contributed by atoms with E-state index >= 15 is 0 Å². The molecule has 2 aromatic heterocycles.